The third-order valence-electron chi connectivity index (χ3n) is 4.86. The first-order valence-corrected chi connectivity index (χ1v) is 8.96. The summed E-state index contributed by atoms with van der Waals surface area (Å²) in [5, 5.41) is 1.14. The molecule has 2 aliphatic heterocycles. The van der Waals surface area contributed by atoms with Crippen LogP contribution in [0.15, 0.2) is 36.4 Å². The summed E-state index contributed by atoms with van der Waals surface area (Å²) in [6.45, 7) is 0.565. The first-order chi connectivity index (χ1) is 12.5. The molecule has 134 valence electrons. The van der Waals surface area contributed by atoms with Crippen LogP contribution in [-0.2, 0) is 17.8 Å². The van der Waals surface area contributed by atoms with Crippen LogP contribution in [0, 0.1) is 0 Å². The topological polar surface area (TPSA) is 42.0 Å². The Balaban J connectivity index is 1.70. The lowest BCUT2D eigenvalue weighted by Gasteiger charge is -2.31. The summed E-state index contributed by atoms with van der Waals surface area (Å²) in [6, 6.07) is 10.7. The second kappa shape index (κ2) is 6.45. The van der Waals surface area contributed by atoms with Gasteiger partial charge in [0, 0.05) is 18.0 Å². The van der Waals surface area contributed by atoms with Gasteiger partial charge < -0.3 is 14.4 Å². The molecule has 4 rings (SSSR count). The number of fused-ring (bicyclic) bond motifs is 2. The van der Waals surface area contributed by atoms with Crippen molar-refractivity contribution >= 4 is 40.5 Å². The van der Waals surface area contributed by atoms with Gasteiger partial charge in [0.1, 0.15) is 6.04 Å². The van der Waals surface area contributed by atoms with Gasteiger partial charge >= 0.3 is 0 Å². The van der Waals surface area contributed by atoms with Crippen molar-refractivity contribution in [1.29, 1.82) is 0 Å². The van der Waals surface area contributed by atoms with Gasteiger partial charge in [0.05, 0.1) is 19.9 Å². The Kier molecular flexibility index (Phi) is 4.25. The number of benzene rings is 2. The number of anilines is 1. The van der Waals surface area contributed by atoms with Gasteiger partial charge in [-0.1, -0.05) is 11.6 Å². The average Bonchev–Trinajstić information content (AvgIpc) is 2.90. The molecule has 0 N–H and O–H groups in total. The van der Waals surface area contributed by atoms with Crippen LogP contribution < -0.4 is 14.4 Å². The van der Waals surface area contributed by atoms with Gasteiger partial charge in [0.25, 0.3) is 5.91 Å². The van der Waals surface area contributed by atoms with E-state index < -0.39 is 0 Å². The largest absolute Gasteiger partial charge is 0.493 e. The Morgan fingerprint density at radius 3 is 2.31 bits per heavy atom. The third-order valence-corrected chi connectivity index (χ3v) is 5.53. The SMILES string of the molecule is COc1cc2c(cc1OC)CN1C(=S)N(c3ccc(Cl)cc3)C(=O)C1C2. The molecular formula is C19H17ClN2O3S. The summed E-state index contributed by atoms with van der Waals surface area (Å²) >= 11 is 11.6. The first kappa shape index (κ1) is 17.1. The highest BCUT2D eigenvalue weighted by molar-refractivity contribution is 7.80. The van der Waals surface area contributed by atoms with Crippen LogP contribution >= 0.6 is 23.8 Å². The summed E-state index contributed by atoms with van der Waals surface area (Å²) in [5.74, 6) is 1.33. The number of carbonyl (C=O) groups is 1. The maximum atomic E-state index is 13.0. The van der Waals surface area contributed by atoms with Gasteiger partial charge in [-0.05, 0) is 59.7 Å². The van der Waals surface area contributed by atoms with E-state index in [4.69, 9.17) is 33.3 Å². The van der Waals surface area contributed by atoms with Crippen molar-refractivity contribution in [2.24, 2.45) is 0 Å². The number of hydrogen-bond acceptors (Lipinski definition) is 4. The molecule has 2 aliphatic rings. The van der Waals surface area contributed by atoms with Crippen LogP contribution in [0.3, 0.4) is 0 Å². The van der Waals surface area contributed by atoms with Crippen molar-refractivity contribution in [3.8, 4) is 11.5 Å². The molecule has 1 unspecified atom stereocenters. The Hall–Kier alpha value is -2.31. The van der Waals surface area contributed by atoms with E-state index in [0.29, 0.717) is 34.6 Å². The highest BCUT2D eigenvalue weighted by atomic mass is 35.5. The van der Waals surface area contributed by atoms with Crippen molar-refractivity contribution < 1.29 is 14.3 Å². The fourth-order valence-electron chi connectivity index (χ4n) is 3.53. The van der Waals surface area contributed by atoms with E-state index >= 15 is 0 Å². The van der Waals surface area contributed by atoms with Gasteiger partial charge in [-0.25, -0.2) is 0 Å². The minimum absolute atomic E-state index is 0.0160. The highest BCUT2D eigenvalue weighted by Gasteiger charge is 2.45. The highest BCUT2D eigenvalue weighted by Crippen LogP contribution is 2.38. The van der Waals surface area contributed by atoms with Crippen molar-refractivity contribution in [3.05, 3.63) is 52.5 Å². The molecule has 0 aromatic heterocycles. The third kappa shape index (κ3) is 2.61. The van der Waals surface area contributed by atoms with Crippen LogP contribution in [0.1, 0.15) is 11.1 Å². The lowest BCUT2D eigenvalue weighted by Crippen LogP contribution is -2.40. The number of ether oxygens (including phenoxy) is 2. The molecule has 1 amide bonds. The molecule has 0 spiro atoms. The summed E-state index contributed by atoms with van der Waals surface area (Å²) in [4.78, 5) is 16.6. The van der Waals surface area contributed by atoms with Gasteiger partial charge in [-0.3, -0.25) is 9.69 Å². The Morgan fingerprint density at radius 1 is 1.08 bits per heavy atom. The molecule has 1 fully saturated rings. The number of nitrogens with zero attached hydrogens (tertiary/aromatic N) is 2. The monoisotopic (exact) mass is 388 g/mol. The number of carbonyl (C=O) groups excluding carboxylic acids is 1. The lowest BCUT2D eigenvalue weighted by molar-refractivity contribution is -0.119. The van der Waals surface area contributed by atoms with E-state index in [0.717, 1.165) is 16.8 Å². The van der Waals surface area contributed by atoms with Crippen molar-refractivity contribution in [1.82, 2.24) is 4.90 Å². The second-order valence-corrected chi connectivity index (χ2v) is 7.06. The molecule has 1 saturated heterocycles. The minimum Gasteiger partial charge on any atom is -0.493 e. The summed E-state index contributed by atoms with van der Waals surface area (Å²) in [6.07, 6.45) is 0.582. The normalized spacial score (nSPS) is 18.7. The van der Waals surface area contributed by atoms with Crippen molar-refractivity contribution in [3.63, 3.8) is 0 Å². The van der Waals surface area contributed by atoms with Gasteiger partial charge in [-0.2, -0.15) is 0 Å². The number of rotatable bonds is 3. The van der Waals surface area contributed by atoms with Crippen LogP contribution in [0.25, 0.3) is 0 Å². The Bertz CT molecular complexity index is 849. The lowest BCUT2D eigenvalue weighted by atomic mass is 9.94. The maximum absolute atomic E-state index is 13.0. The number of amides is 1. The molecule has 0 saturated carbocycles. The molecule has 2 aromatic carbocycles. The zero-order valence-electron chi connectivity index (χ0n) is 14.4. The van der Waals surface area contributed by atoms with E-state index in [1.807, 2.05) is 29.2 Å². The molecular weight excluding hydrogens is 372 g/mol. The Morgan fingerprint density at radius 2 is 1.69 bits per heavy atom. The predicted molar refractivity (Wildman–Crippen MR) is 104 cm³/mol. The molecule has 5 nitrogen and oxygen atoms in total. The average molecular weight is 389 g/mol. The van der Waals surface area contributed by atoms with E-state index in [1.165, 1.54) is 0 Å². The van der Waals surface area contributed by atoms with Crippen molar-refractivity contribution in [2.75, 3.05) is 19.1 Å². The van der Waals surface area contributed by atoms with Gasteiger partial charge in [0.2, 0.25) is 0 Å². The molecule has 0 bridgehead atoms. The molecule has 0 radical (unpaired) electrons. The molecule has 7 heteroatoms. The Labute approximate surface area is 162 Å². The molecule has 26 heavy (non-hydrogen) atoms. The second-order valence-electron chi connectivity index (χ2n) is 6.26. The van der Waals surface area contributed by atoms with E-state index in [1.54, 1.807) is 31.3 Å². The minimum atomic E-state index is -0.302. The van der Waals surface area contributed by atoms with Crippen LogP contribution in [0.5, 0.6) is 11.5 Å². The summed E-state index contributed by atoms with van der Waals surface area (Å²) < 4.78 is 10.8. The number of thiocarbonyl (C=S) groups is 1. The van der Waals surface area contributed by atoms with E-state index in [9.17, 15) is 4.79 Å². The van der Waals surface area contributed by atoms with Gasteiger partial charge in [0.15, 0.2) is 16.6 Å². The van der Waals surface area contributed by atoms with E-state index in [2.05, 4.69) is 0 Å². The van der Waals surface area contributed by atoms with Crippen LogP contribution in [0.4, 0.5) is 5.69 Å². The van der Waals surface area contributed by atoms with Crippen LogP contribution in [-0.4, -0.2) is 36.2 Å². The number of hydrogen-bond donors (Lipinski definition) is 0. The standard InChI is InChI=1S/C19H17ClN2O3S/c1-24-16-8-11-7-15-18(23)22(14-5-3-13(20)4-6-14)19(26)21(15)10-12(11)9-17(16)25-2/h3-6,8-9,15H,7,10H2,1-2H3. The summed E-state index contributed by atoms with van der Waals surface area (Å²) in [7, 11) is 3.22. The van der Waals surface area contributed by atoms with Crippen molar-refractivity contribution in [2.45, 2.75) is 19.0 Å². The molecule has 0 aliphatic carbocycles. The predicted octanol–water partition coefficient (Wildman–Crippen LogP) is 3.42. The van der Waals surface area contributed by atoms with Gasteiger partial charge in [-0.15, -0.1) is 0 Å². The zero-order valence-corrected chi connectivity index (χ0v) is 15.9. The van der Waals surface area contributed by atoms with E-state index in [-0.39, 0.29) is 11.9 Å². The number of halogens is 1. The summed E-state index contributed by atoms with van der Waals surface area (Å²) in [5.41, 5.74) is 2.91. The molecule has 2 aromatic rings. The first-order valence-electron chi connectivity index (χ1n) is 8.17. The van der Waals surface area contributed by atoms with Crippen LogP contribution in [0.2, 0.25) is 5.02 Å². The zero-order chi connectivity index (χ0) is 18.4. The number of methoxy groups -OCH3 is 2. The smallest absolute Gasteiger partial charge is 0.256 e. The molecule has 1 atom stereocenters. The fraction of sp³-hybridized carbons (Fsp3) is 0.263. The molecule has 2 heterocycles. The quantitative estimate of drug-likeness (QED) is 0.754. The fourth-order valence-corrected chi connectivity index (χ4v) is 4.05. The maximum Gasteiger partial charge on any atom is 0.256 e.